The van der Waals surface area contributed by atoms with Crippen LogP contribution in [0, 0.1) is 35.0 Å². The molecule has 2 aliphatic rings. The van der Waals surface area contributed by atoms with Crippen molar-refractivity contribution in [3.63, 3.8) is 0 Å². The molecule has 0 saturated heterocycles. The topological polar surface area (TPSA) is 90.2 Å². The summed E-state index contributed by atoms with van der Waals surface area (Å²) >= 11 is 0. The number of nitrogens with one attached hydrogen (secondary N) is 1. The molecule has 21 heavy (non-hydrogen) atoms. The molecular weight excluding hydrogens is 268 g/mol. The van der Waals surface area contributed by atoms with E-state index >= 15 is 0 Å². The fraction of sp³-hybridized carbons (Fsp3) is 0.312. The standard InChI is InChI=1S/C16H14N2O3/c17-8-9-1-5-12(6-2-9)18-15(19)13-10-3-4-11(7-10)14(13)16(20)21/h1-6,10-11,13-14H,7H2,(H,18,19)(H,20,21)/t10-,11-,13-,14+/m0/s1. The number of hydrogen-bond donors (Lipinski definition) is 2. The lowest BCUT2D eigenvalue weighted by atomic mass is 9.82. The van der Waals surface area contributed by atoms with Gasteiger partial charge < -0.3 is 10.4 Å². The van der Waals surface area contributed by atoms with Crippen LogP contribution in [-0.2, 0) is 9.59 Å². The van der Waals surface area contributed by atoms with Crippen molar-refractivity contribution in [3.8, 4) is 6.07 Å². The smallest absolute Gasteiger partial charge is 0.307 e. The van der Waals surface area contributed by atoms with Gasteiger partial charge in [-0.1, -0.05) is 12.2 Å². The van der Waals surface area contributed by atoms with Crippen LogP contribution in [0.1, 0.15) is 12.0 Å². The Morgan fingerprint density at radius 3 is 2.33 bits per heavy atom. The first-order valence-corrected chi connectivity index (χ1v) is 6.82. The molecule has 0 heterocycles. The van der Waals surface area contributed by atoms with E-state index < -0.39 is 17.8 Å². The highest BCUT2D eigenvalue weighted by atomic mass is 16.4. The fourth-order valence-electron chi connectivity index (χ4n) is 3.37. The molecule has 5 heteroatoms. The third-order valence-corrected chi connectivity index (χ3v) is 4.33. The number of rotatable bonds is 3. The lowest BCUT2D eigenvalue weighted by molar-refractivity contribution is -0.146. The Labute approximate surface area is 121 Å². The minimum atomic E-state index is -0.910. The molecule has 106 valence electrons. The third-order valence-electron chi connectivity index (χ3n) is 4.33. The molecule has 1 fully saturated rings. The van der Waals surface area contributed by atoms with Gasteiger partial charge in [0.15, 0.2) is 0 Å². The zero-order valence-electron chi connectivity index (χ0n) is 11.2. The molecule has 4 atom stereocenters. The first-order valence-electron chi connectivity index (χ1n) is 6.82. The maximum atomic E-state index is 12.4. The Morgan fingerprint density at radius 1 is 1.14 bits per heavy atom. The van der Waals surface area contributed by atoms with E-state index in [1.165, 1.54) is 0 Å². The van der Waals surface area contributed by atoms with Crippen molar-refractivity contribution >= 4 is 17.6 Å². The second-order valence-corrected chi connectivity index (χ2v) is 5.52. The normalized spacial score (nSPS) is 29.1. The summed E-state index contributed by atoms with van der Waals surface area (Å²) in [6.45, 7) is 0. The summed E-state index contributed by atoms with van der Waals surface area (Å²) in [6, 6.07) is 8.54. The van der Waals surface area contributed by atoms with Gasteiger partial charge in [0.2, 0.25) is 5.91 Å². The predicted octanol–water partition coefficient (Wildman–Crippen LogP) is 2.02. The molecule has 0 radical (unpaired) electrons. The largest absolute Gasteiger partial charge is 0.481 e. The van der Waals surface area contributed by atoms with Crippen molar-refractivity contribution in [1.29, 1.82) is 5.26 Å². The molecule has 0 aromatic heterocycles. The molecule has 0 spiro atoms. The number of anilines is 1. The molecule has 5 nitrogen and oxygen atoms in total. The Morgan fingerprint density at radius 2 is 1.76 bits per heavy atom. The van der Waals surface area contributed by atoms with E-state index in [-0.39, 0.29) is 17.7 Å². The monoisotopic (exact) mass is 282 g/mol. The molecule has 1 saturated carbocycles. The van der Waals surface area contributed by atoms with Crippen LogP contribution in [0.3, 0.4) is 0 Å². The van der Waals surface area contributed by atoms with Crippen LogP contribution >= 0.6 is 0 Å². The highest BCUT2D eigenvalue weighted by Gasteiger charge is 2.51. The minimum absolute atomic E-state index is 0.00878. The highest BCUT2D eigenvalue weighted by Crippen LogP contribution is 2.48. The summed E-state index contributed by atoms with van der Waals surface area (Å²) in [5.41, 5.74) is 1.09. The second-order valence-electron chi connectivity index (χ2n) is 5.52. The first-order chi connectivity index (χ1) is 10.1. The maximum absolute atomic E-state index is 12.4. The number of carboxylic acid groups (broad SMARTS) is 1. The van der Waals surface area contributed by atoms with Gasteiger partial charge in [0.05, 0.1) is 23.5 Å². The molecule has 0 aliphatic heterocycles. The summed E-state index contributed by atoms with van der Waals surface area (Å²) in [5.74, 6) is -2.36. The third kappa shape index (κ3) is 2.29. The quantitative estimate of drug-likeness (QED) is 0.830. The van der Waals surface area contributed by atoms with Crippen LogP contribution in [0.25, 0.3) is 0 Å². The number of benzene rings is 1. The predicted molar refractivity (Wildman–Crippen MR) is 75.1 cm³/mol. The maximum Gasteiger partial charge on any atom is 0.307 e. The Kier molecular flexibility index (Phi) is 3.22. The number of allylic oxidation sites excluding steroid dienone is 2. The fourth-order valence-corrected chi connectivity index (χ4v) is 3.37. The van der Waals surface area contributed by atoms with Gasteiger partial charge in [0.25, 0.3) is 0 Å². The summed E-state index contributed by atoms with van der Waals surface area (Å²) in [4.78, 5) is 23.8. The van der Waals surface area contributed by atoms with Gasteiger partial charge in [0.1, 0.15) is 0 Å². The number of nitrogens with zero attached hydrogens (tertiary/aromatic N) is 1. The van der Waals surface area contributed by atoms with E-state index in [0.29, 0.717) is 11.3 Å². The van der Waals surface area contributed by atoms with Crippen LogP contribution in [0.5, 0.6) is 0 Å². The van der Waals surface area contributed by atoms with E-state index in [1.807, 2.05) is 18.2 Å². The molecular formula is C16H14N2O3. The van der Waals surface area contributed by atoms with Crippen LogP contribution in [-0.4, -0.2) is 17.0 Å². The van der Waals surface area contributed by atoms with Crippen LogP contribution in [0.4, 0.5) is 5.69 Å². The van der Waals surface area contributed by atoms with Crippen molar-refractivity contribution in [2.45, 2.75) is 6.42 Å². The number of aliphatic carboxylic acids is 1. The number of carbonyl (C=O) groups is 2. The number of fused-ring (bicyclic) bond motifs is 2. The summed E-state index contributed by atoms with van der Waals surface area (Å²) in [6.07, 6.45) is 4.60. The van der Waals surface area contributed by atoms with Crippen molar-refractivity contribution in [1.82, 2.24) is 0 Å². The number of hydrogen-bond acceptors (Lipinski definition) is 3. The van der Waals surface area contributed by atoms with Gasteiger partial charge in [-0.25, -0.2) is 0 Å². The zero-order valence-corrected chi connectivity index (χ0v) is 11.2. The second kappa shape index (κ2) is 5.06. The first kappa shape index (κ1) is 13.4. The highest BCUT2D eigenvalue weighted by molar-refractivity contribution is 5.96. The molecule has 0 unspecified atom stereocenters. The Hall–Kier alpha value is -2.61. The van der Waals surface area contributed by atoms with Gasteiger partial charge in [0, 0.05) is 5.69 Å². The van der Waals surface area contributed by atoms with Gasteiger partial charge in [-0.05, 0) is 42.5 Å². The van der Waals surface area contributed by atoms with E-state index in [2.05, 4.69) is 5.32 Å². The van der Waals surface area contributed by atoms with Crippen molar-refractivity contribution in [2.75, 3.05) is 5.32 Å². The molecule has 1 aromatic rings. The van der Waals surface area contributed by atoms with E-state index in [4.69, 9.17) is 5.26 Å². The number of amides is 1. The van der Waals surface area contributed by atoms with Gasteiger partial charge in [-0.15, -0.1) is 0 Å². The van der Waals surface area contributed by atoms with Crippen molar-refractivity contribution in [3.05, 3.63) is 42.0 Å². The number of carbonyl (C=O) groups excluding carboxylic acids is 1. The van der Waals surface area contributed by atoms with Gasteiger partial charge in [-0.2, -0.15) is 5.26 Å². The lowest BCUT2D eigenvalue weighted by Gasteiger charge is -2.23. The van der Waals surface area contributed by atoms with E-state index in [9.17, 15) is 14.7 Å². The van der Waals surface area contributed by atoms with Gasteiger partial charge >= 0.3 is 5.97 Å². The van der Waals surface area contributed by atoms with Crippen LogP contribution in [0.2, 0.25) is 0 Å². The molecule has 1 aromatic carbocycles. The summed E-state index contributed by atoms with van der Waals surface area (Å²) in [5, 5.41) is 20.8. The Balaban J connectivity index is 1.77. The zero-order chi connectivity index (χ0) is 15.0. The van der Waals surface area contributed by atoms with Crippen LogP contribution in [0.15, 0.2) is 36.4 Å². The number of nitriles is 1. The van der Waals surface area contributed by atoms with Crippen LogP contribution < -0.4 is 5.32 Å². The molecule has 2 aliphatic carbocycles. The lowest BCUT2D eigenvalue weighted by Crippen LogP contribution is -2.36. The molecule has 3 rings (SSSR count). The Bertz CT molecular complexity index is 657. The number of carboxylic acids is 1. The molecule has 2 N–H and O–H groups in total. The average molecular weight is 282 g/mol. The van der Waals surface area contributed by atoms with Crippen molar-refractivity contribution < 1.29 is 14.7 Å². The van der Waals surface area contributed by atoms with Gasteiger partial charge in [-0.3, -0.25) is 9.59 Å². The van der Waals surface area contributed by atoms with E-state index in [0.717, 1.165) is 6.42 Å². The summed E-state index contributed by atoms with van der Waals surface area (Å²) in [7, 11) is 0. The van der Waals surface area contributed by atoms with Crippen molar-refractivity contribution in [2.24, 2.45) is 23.7 Å². The summed E-state index contributed by atoms with van der Waals surface area (Å²) < 4.78 is 0. The minimum Gasteiger partial charge on any atom is -0.481 e. The molecule has 2 bridgehead atoms. The molecule has 1 amide bonds. The van der Waals surface area contributed by atoms with E-state index in [1.54, 1.807) is 24.3 Å². The SMILES string of the molecule is N#Cc1ccc(NC(=O)[C@@H]2[C@H](C(=O)O)[C@H]3C=C[C@H]2C3)cc1. The average Bonchev–Trinajstić information content (AvgIpc) is 3.08.